The molecule has 3 unspecified atom stereocenters. The van der Waals surface area contributed by atoms with Crippen molar-refractivity contribution in [1.29, 1.82) is 0 Å². The Bertz CT molecular complexity index is 360. The molecule has 0 aromatic rings. The van der Waals surface area contributed by atoms with E-state index in [-0.39, 0.29) is 0 Å². The molecular formula is C15H24N2O. The highest BCUT2D eigenvalue weighted by molar-refractivity contribution is 5.82. The molecule has 4 aliphatic rings. The third kappa shape index (κ3) is 1.63. The van der Waals surface area contributed by atoms with Crippen LogP contribution in [0, 0.1) is 29.6 Å². The molecule has 5 atom stereocenters. The Morgan fingerprint density at radius 1 is 1.00 bits per heavy atom. The zero-order valence-electron chi connectivity index (χ0n) is 11.1. The van der Waals surface area contributed by atoms with Gasteiger partial charge in [0.2, 0.25) is 5.91 Å². The summed E-state index contributed by atoms with van der Waals surface area (Å²) in [7, 11) is 0. The highest BCUT2D eigenvalue weighted by atomic mass is 16.2. The average molecular weight is 248 g/mol. The standard InChI is InChI=1S/C15H24N2O/c16-11-5-4-9-7-17(8-10(9)6-11)15(18)14-12-2-1-3-13(12)14/h9-14H,1-8,16H2/t9-,10+,11?,12?,13?,14?/m1/s1. The Hall–Kier alpha value is -0.570. The highest BCUT2D eigenvalue weighted by Crippen LogP contribution is 2.58. The molecule has 1 aliphatic heterocycles. The van der Waals surface area contributed by atoms with Crippen LogP contribution in [0.25, 0.3) is 0 Å². The molecular weight excluding hydrogens is 224 g/mol. The van der Waals surface area contributed by atoms with E-state index in [0.717, 1.165) is 43.7 Å². The second kappa shape index (κ2) is 3.96. The monoisotopic (exact) mass is 248 g/mol. The van der Waals surface area contributed by atoms with Crippen molar-refractivity contribution in [3.05, 3.63) is 0 Å². The summed E-state index contributed by atoms with van der Waals surface area (Å²) in [5, 5.41) is 0. The third-order valence-corrected chi connectivity index (χ3v) is 6.09. The molecule has 0 aromatic heterocycles. The van der Waals surface area contributed by atoms with E-state index in [9.17, 15) is 4.79 Å². The summed E-state index contributed by atoms with van der Waals surface area (Å²) < 4.78 is 0. The molecule has 0 aromatic carbocycles. The summed E-state index contributed by atoms with van der Waals surface area (Å²) in [5.74, 6) is 3.91. The minimum absolute atomic E-state index is 0.390. The molecule has 4 fully saturated rings. The fourth-order valence-corrected chi connectivity index (χ4v) is 5.05. The van der Waals surface area contributed by atoms with Crippen LogP contribution in [0.2, 0.25) is 0 Å². The number of nitrogens with zero attached hydrogens (tertiary/aromatic N) is 1. The molecule has 3 saturated carbocycles. The molecule has 100 valence electrons. The van der Waals surface area contributed by atoms with Gasteiger partial charge in [0, 0.05) is 25.0 Å². The Balaban J connectivity index is 1.40. The van der Waals surface area contributed by atoms with Crippen molar-refractivity contribution in [2.45, 2.75) is 44.6 Å². The largest absolute Gasteiger partial charge is 0.342 e. The fourth-order valence-electron chi connectivity index (χ4n) is 5.05. The first-order valence-corrected chi connectivity index (χ1v) is 7.78. The van der Waals surface area contributed by atoms with E-state index in [2.05, 4.69) is 4.90 Å². The Morgan fingerprint density at radius 2 is 1.72 bits per heavy atom. The molecule has 3 nitrogen and oxygen atoms in total. The SMILES string of the molecule is NC1CC[C@@H]2CN(C(=O)C3C4CCCC43)C[C@@H]2C1. The number of carbonyl (C=O) groups excluding carboxylic acids is 1. The topological polar surface area (TPSA) is 46.3 Å². The second-order valence-corrected chi connectivity index (χ2v) is 7.12. The van der Waals surface area contributed by atoms with Gasteiger partial charge in [-0.3, -0.25) is 4.79 Å². The van der Waals surface area contributed by atoms with Crippen LogP contribution in [0.1, 0.15) is 38.5 Å². The van der Waals surface area contributed by atoms with Crippen molar-refractivity contribution >= 4 is 5.91 Å². The summed E-state index contributed by atoms with van der Waals surface area (Å²) in [6.45, 7) is 2.04. The molecule has 2 N–H and O–H groups in total. The van der Waals surface area contributed by atoms with Gasteiger partial charge >= 0.3 is 0 Å². The van der Waals surface area contributed by atoms with Crippen molar-refractivity contribution in [2.75, 3.05) is 13.1 Å². The number of hydrogen-bond donors (Lipinski definition) is 1. The van der Waals surface area contributed by atoms with Gasteiger partial charge in [-0.2, -0.15) is 0 Å². The van der Waals surface area contributed by atoms with Gasteiger partial charge in [-0.25, -0.2) is 0 Å². The lowest BCUT2D eigenvalue weighted by Gasteiger charge is -2.27. The van der Waals surface area contributed by atoms with E-state index in [1.54, 1.807) is 0 Å². The molecule has 3 aliphatic carbocycles. The second-order valence-electron chi connectivity index (χ2n) is 7.12. The Labute approximate surface area is 109 Å². The number of nitrogens with two attached hydrogens (primary N) is 1. The normalized spacial score (nSPS) is 49.9. The van der Waals surface area contributed by atoms with Crippen LogP contribution in [0.5, 0.6) is 0 Å². The quantitative estimate of drug-likeness (QED) is 0.766. The molecule has 3 heteroatoms. The number of fused-ring (bicyclic) bond motifs is 2. The van der Waals surface area contributed by atoms with Gasteiger partial charge in [-0.1, -0.05) is 6.42 Å². The maximum absolute atomic E-state index is 12.5. The van der Waals surface area contributed by atoms with Crippen LogP contribution in [0.3, 0.4) is 0 Å². The zero-order chi connectivity index (χ0) is 12.3. The molecule has 1 amide bonds. The van der Waals surface area contributed by atoms with Gasteiger partial charge < -0.3 is 10.6 Å². The number of hydrogen-bond acceptors (Lipinski definition) is 2. The van der Waals surface area contributed by atoms with Crippen LogP contribution in [0.15, 0.2) is 0 Å². The lowest BCUT2D eigenvalue weighted by atomic mass is 9.79. The van der Waals surface area contributed by atoms with E-state index in [1.807, 2.05) is 0 Å². The molecule has 1 heterocycles. The van der Waals surface area contributed by atoms with Crippen LogP contribution >= 0.6 is 0 Å². The van der Waals surface area contributed by atoms with E-state index in [1.165, 1.54) is 25.7 Å². The van der Waals surface area contributed by atoms with Gasteiger partial charge in [0.05, 0.1) is 0 Å². The van der Waals surface area contributed by atoms with Gasteiger partial charge in [0.1, 0.15) is 0 Å². The average Bonchev–Trinajstić information content (AvgIpc) is 2.77. The predicted molar refractivity (Wildman–Crippen MR) is 69.7 cm³/mol. The summed E-state index contributed by atoms with van der Waals surface area (Å²) in [4.78, 5) is 14.7. The molecule has 0 radical (unpaired) electrons. The minimum Gasteiger partial charge on any atom is -0.342 e. The first-order valence-electron chi connectivity index (χ1n) is 7.78. The van der Waals surface area contributed by atoms with E-state index >= 15 is 0 Å². The van der Waals surface area contributed by atoms with Gasteiger partial charge in [-0.15, -0.1) is 0 Å². The van der Waals surface area contributed by atoms with Gasteiger partial charge in [0.15, 0.2) is 0 Å². The number of amides is 1. The maximum atomic E-state index is 12.5. The third-order valence-electron chi connectivity index (χ3n) is 6.09. The van der Waals surface area contributed by atoms with Gasteiger partial charge in [-0.05, 0) is 55.8 Å². The Morgan fingerprint density at radius 3 is 2.50 bits per heavy atom. The summed E-state index contributed by atoms with van der Waals surface area (Å²) in [5.41, 5.74) is 6.06. The van der Waals surface area contributed by atoms with Crippen molar-refractivity contribution in [2.24, 2.45) is 35.3 Å². The predicted octanol–water partition coefficient (Wildman–Crippen LogP) is 1.62. The van der Waals surface area contributed by atoms with E-state index in [4.69, 9.17) is 5.73 Å². The number of likely N-dealkylation sites (tertiary alicyclic amines) is 1. The smallest absolute Gasteiger partial charge is 0.226 e. The molecule has 1 saturated heterocycles. The van der Waals surface area contributed by atoms with Crippen LogP contribution in [-0.4, -0.2) is 29.9 Å². The summed E-state index contributed by atoms with van der Waals surface area (Å²) >= 11 is 0. The first kappa shape index (κ1) is 11.3. The van der Waals surface area contributed by atoms with Crippen LogP contribution in [-0.2, 0) is 4.79 Å². The fraction of sp³-hybridized carbons (Fsp3) is 0.933. The van der Waals surface area contributed by atoms with E-state index < -0.39 is 0 Å². The van der Waals surface area contributed by atoms with Gasteiger partial charge in [0.25, 0.3) is 0 Å². The molecule has 0 spiro atoms. The number of rotatable bonds is 1. The minimum atomic E-state index is 0.390. The lowest BCUT2D eigenvalue weighted by molar-refractivity contribution is -0.132. The van der Waals surface area contributed by atoms with Crippen molar-refractivity contribution in [3.8, 4) is 0 Å². The zero-order valence-corrected chi connectivity index (χ0v) is 11.1. The van der Waals surface area contributed by atoms with Crippen molar-refractivity contribution in [1.82, 2.24) is 4.90 Å². The maximum Gasteiger partial charge on any atom is 0.226 e. The number of carbonyl (C=O) groups is 1. The summed E-state index contributed by atoms with van der Waals surface area (Å²) in [6, 6.07) is 0.390. The molecule has 0 bridgehead atoms. The van der Waals surface area contributed by atoms with Crippen molar-refractivity contribution < 1.29 is 4.79 Å². The Kier molecular flexibility index (Phi) is 2.48. The first-order chi connectivity index (χ1) is 8.74. The molecule has 4 rings (SSSR count). The van der Waals surface area contributed by atoms with E-state index in [0.29, 0.717) is 23.8 Å². The summed E-state index contributed by atoms with van der Waals surface area (Å²) in [6.07, 6.45) is 7.54. The van der Waals surface area contributed by atoms with Crippen molar-refractivity contribution in [3.63, 3.8) is 0 Å². The van der Waals surface area contributed by atoms with Crippen LogP contribution in [0.4, 0.5) is 0 Å². The lowest BCUT2D eigenvalue weighted by Crippen LogP contribution is -2.32. The molecule has 18 heavy (non-hydrogen) atoms. The highest BCUT2D eigenvalue weighted by Gasteiger charge is 2.58. The van der Waals surface area contributed by atoms with Crippen LogP contribution < -0.4 is 5.73 Å².